The molecule has 0 aliphatic carbocycles. The van der Waals surface area contributed by atoms with Crippen molar-refractivity contribution < 1.29 is 14.4 Å². The van der Waals surface area contributed by atoms with Gasteiger partial charge in [0.05, 0.1) is 11.1 Å². The van der Waals surface area contributed by atoms with E-state index in [1.165, 1.54) is 35.8 Å². The van der Waals surface area contributed by atoms with Crippen LogP contribution >= 0.6 is 0 Å². The van der Waals surface area contributed by atoms with E-state index in [0.717, 1.165) is 25.2 Å². The van der Waals surface area contributed by atoms with E-state index in [1.54, 1.807) is 12.1 Å². The van der Waals surface area contributed by atoms with E-state index < -0.39 is 0 Å². The van der Waals surface area contributed by atoms with E-state index in [-0.39, 0.29) is 23.3 Å². The predicted molar refractivity (Wildman–Crippen MR) is 135 cm³/mol. The fraction of sp³-hybridized carbons (Fsp3) is 0.276. The first-order chi connectivity index (χ1) is 17.1. The molecule has 3 amide bonds. The summed E-state index contributed by atoms with van der Waals surface area (Å²) in [5.74, 6) is -0.964. The monoisotopic (exact) mass is 467 g/mol. The molecule has 6 nitrogen and oxygen atoms in total. The zero-order valence-electron chi connectivity index (χ0n) is 19.7. The number of hydrogen-bond donors (Lipinski definition) is 1. The van der Waals surface area contributed by atoms with Crippen LogP contribution in [0.3, 0.4) is 0 Å². The normalized spacial score (nSPS) is 15.8. The Morgan fingerprint density at radius 1 is 0.771 bits per heavy atom. The van der Waals surface area contributed by atoms with Gasteiger partial charge in [0.1, 0.15) is 0 Å². The standard InChI is InChI=1S/C29H29N3O3/c33-27(30-24-12-9-22(10-13-24)20-31-16-5-2-6-17-31)23-11-14-25-26(19-23)29(35)32(28(25)34)18-15-21-7-3-1-4-8-21/h1,3-4,7-14,19H,2,5-6,15-18,20H2,(H,30,33). The van der Waals surface area contributed by atoms with Gasteiger partial charge in [0, 0.05) is 24.3 Å². The van der Waals surface area contributed by atoms with Crippen molar-refractivity contribution in [1.29, 1.82) is 0 Å². The van der Waals surface area contributed by atoms with E-state index in [9.17, 15) is 14.4 Å². The molecule has 6 heteroatoms. The fourth-order valence-electron chi connectivity index (χ4n) is 4.79. The van der Waals surface area contributed by atoms with Crippen molar-refractivity contribution >= 4 is 23.4 Å². The summed E-state index contributed by atoms with van der Waals surface area (Å²) in [6, 6.07) is 22.4. The minimum absolute atomic E-state index is 0.285. The first-order valence-electron chi connectivity index (χ1n) is 12.3. The largest absolute Gasteiger partial charge is 0.322 e. The second-order valence-corrected chi connectivity index (χ2v) is 9.25. The minimum atomic E-state index is -0.349. The molecule has 0 bridgehead atoms. The Bertz CT molecular complexity index is 1230. The Morgan fingerprint density at radius 3 is 2.23 bits per heavy atom. The van der Waals surface area contributed by atoms with Crippen LogP contribution in [-0.4, -0.2) is 47.2 Å². The van der Waals surface area contributed by atoms with Gasteiger partial charge in [-0.25, -0.2) is 0 Å². The number of fused-ring (bicyclic) bond motifs is 1. The minimum Gasteiger partial charge on any atom is -0.322 e. The molecule has 2 aliphatic heterocycles. The summed E-state index contributed by atoms with van der Waals surface area (Å²) in [4.78, 5) is 42.3. The highest BCUT2D eigenvalue weighted by Gasteiger charge is 2.35. The molecule has 2 heterocycles. The van der Waals surface area contributed by atoms with E-state index in [4.69, 9.17) is 0 Å². The number of piperidine rings is 1. The molecule has 3 aromatic rings. The van der Waals surface area contributed by atoms with Crippen LogP contribution < -0.4 is 5.32 Å². The summed E-state index contributed by atoms with van der Waals surface area (Å²) >= 11 is 0. The smallest absolute Gasteiger partial charge is 0.261 e. The maximum atomic E-state index is 12.9. The van der Waals surface area contributed by atoms with E-state index >= 15 is 0 Å². The fourth-order valence-corrected chi connectivity index (χ4v) is 4.79. The molecule has 2 aliphatic rings. The number of anilines is 1. The Labute approximate surface area is 205 Å². The Balaban J connectivity index is 1.22. The molecule has 0 unspecified atom stereocenters. The number of carbonyl (C=O) groups excluding carboxylic acids is 3. The predicted octanol–water partition coefficient (Wildman–Crippen LogP) is 4.76. The van der Waals surface area contributed by atoms with Gasteiger partial charge < -0.3 is 5.32 Å². The highest BCUT2D eigenvalue weighted by atomic mass is 16.2. The van der Waals surface area contributed by atoms with Gasteiger partial charge in [0.15, 0.2) is 0 Å². The zero-order valence-corrected chi connectivity index (χ0v) is 19.7. The highest BCUT2D eigenvalue weighted by Crippen LogP contribution is 2.25. The first-order valence-corrected chi connectivity index (χ1v) is 12.3. The molecule has 1 saturated heterocycles. The van der Waals surface area contributed by atoms with Crippen molar-refractivity contribution in [3.8, 4) is 0 Å². The molecule has 178 valence electrons. The molecule has 35 heavy (non-hydrogen) atoms. The van der Waals surface area contributed by atoms with Crippen molar-refractivity contribution in [2.45, 2.75) is 32.2 Å². The van der Waals surface area contributed by atoms with E-state index in [1.807, 2.05) is 54.6 Å². The molecular weight excluding hydrogens is 438 g/mol. The molecule has 0 aromatic heterocycles. The number of benzene rings is 3. The van der Waals surface area contributed by atoms with Crippen molar-refractivity contribution in [1.82, 2.24) is 9.80 Å². The third-order valence-electron chi connectivity index (χ3n) is 6.77. The van der Waals surface area contributed by atoms with Gasteiger partial charge in [-0.2, -0.15) is 0 Å². The van der Waals surface area contributed by atoms with E-state index in [2.05, 4.69) is 10.2 Å². The van der Waals surface area contributed by atoms with Crippen LogP contribution in [0.2, 0.25) is 0 Å². The SMILES string of the molecule is O=C(Nc1ccc(CN2CCCCC2)cc1)c1ccc2c(c1)C(=O)N(CCc1ccccc1)C2=O. The van der Waals surface area contributed by atoms with Gasteiger partial charge in [-0.3, -0.25) is 24.2 Å². The average molecular weight is 468 g/mol. The lowest BCUT2D eigenvalue weighted by atomic mass is 10.1. The molecule has 3 aromatic carbocycles. The quantitative estimate of drug-likeness (QED) is 0.509. The third-order valence-corrected chi connectivity index (χ3v) is 6.77. The Kier molecular flexibility index (Phi) is 6.73. The molecule has 1 fully saturated rings. The Hall–Kier alpha value is -3.77. The number of imide groups is 1. The topological polar surface area (TPSA) is 69.7 Å². The summed E-state index contributed by atoms with van der Waals surface area (Å²) in [6.07, 6.45) is 4.42. The molecule has 0 saturated carbocycles. The van der Waals surface area contributed by atoms with Crippen molar-refractivity contribution in [3.05, 3.63) is 101 Å². The number of likely N-dealkylation sites (tertiary alicyclic amines) is 1. The summed E-state index contributed by atoms with van der Waals surface area (Å²) in [5.41, 5.74) is 3.97. The van der Waals surface area contributed by atoms with Crippen LogP contribution in [0.5, 0.6) is 0 Å². The molecular formula is C29H29N3O3. The molecule has 0 radical (unpaired) electrons. The van der Waals surface area contributed by atoms with Crippen molar-refractivity contribution in [2.24, 2.45) is 0 Å². The summed E-state index contributed by atoms with van der Waals surface area (Å²) < 4.78 is 0. The van der Waals surface area contributed by atoms with Crippen molar-refractivity contribution in [3.63, 3.8) is 0 Å². The summed E-state index contributed by atoms with van der Waals surface area (Å²) in [6.45, 7) is 3.51. The maximum absolute atomic E-state index is 12.9. The van der Waals surface area contributed by atoms with Crippen LogP contribution in [0.15, 0.2) is 72.8 Å². The Morgan fingerprint density at radius 2 is 1.49 bits per heavy atom. The third kappa shape index (κ3) is 5.17. The van der Waals surface area contributed by atoms with Crippen LogP contribution in [0.1, 0.15) is 61.5 Å². The molecule has 0 atom stereocenters. The average Bonchev–Trinajstić information content (AvgIpc) is 3.14. The maximum Gasteiger partial charge on any atom is 0.261 e. The number of nitrogens with zero attached hydrogens (tertiary/aromatic N) is 2. The van der Waals surface area contributed by atoms with Gasteiger partial charge in [-0.1, -0.05) is 48.9 Å². The molecule has 0 spiro atoms. The van der Waals surface area contributed by atoms with E-state index in [0.29, 0.717) is 29.8 Å². The number of nitrogens with one attached hydrogen (secondary N) is 1. The summed E-state index contributed by atoms with van der Waals surface area (Å²) in [5, 5.41) is 2.90. The van der Waals surface area contributed by atoms with Crippen molar-refractivity contribution in [2.75, 3.05) is 25.0 Å². The number of amides is 3. The molecule has 5 rings (SSSR count). The van der Waals surface area contributed by atoms with Crippen LogP contribution in [0.4, 0.5) is 5.69 Å². The number of hydrogen-bond acceptors (Lipinski definition) is 4. The van der Waals surface area contributed by atoms with Gasteiger partial charge in [0.25, 0.3) is 17.7 Å². The van der Waals surface area contributed by atoms with Crippen LogP contribution in [-0.2, 0) is 13.0 Å². The second-order valence-electron chi connectivity index (χ2n) is 9.25. The van der Waals surface area contributed by atoms with Gasteiger partial charge in [0.2, 0.25) is 0 Å². The number of rotatable bonds is 7. The number of carbonyl (C=O) groups is 3. The lowest BCUT2D eigenvalue weighted by molar-refractivity contribution is 0.0656. The lowest BCUT2D eigenvalue weighted by Crippen LogP contribution is -2.31. The zero-order chi connectivity index (χ0) is 24.2. The van der Waals surface area contributed by atoms with Gasteiger partial charge in [-0.15, -0.1) is 0 Å². The second kappa shape index (κ2) is 10.2. The molecule has 1 N–H and O–H groups in total. The van der Waals surface area contributed by atoms with Crippen LogP contribution in [0.25, 0.3) is 0 Å². The highest BCUT2D eigenvalue weighted by molar-refractivity contribution is 6.22. The first kappa shape index (κ1) is 23.0. The van der Waals surface area contributed by atoms with Gasteiger partial charge >= 0.3 is 0 Å². The van der Waals surface area contributed by atoms with Crippen LogP contribution in [0, 0.1) is 0 Å². The summed E-state index contributed by atoms with van der Waals surface area (Å²) in [7, 11) is 0. The lowest BCUT2D eigenvalue weighted by Gasteiger charge is -2.26. The van der Waals surface area contributed by atoms with Gasteiger partial charge in [-0.05, 0) is 73.8 Å².